The Bertz CT molecular complexity index is 1310. The number of aliphatic hydroxyl groups excluding tert-OH is 1. The van der Waals surface area contributed by atoms with E-state index in [1.807, 2.05) is 0 Å². The molecule has 0 aliphatic carbocycles. The van der Waals surface area contributed by atoms with Crippen LogP contribution in [0.15, 0.2) is 21.5 Å². The van der Waals surface area contributed by atoms with Crippen molar-refractivity contribution in [3.8, 4) is 0 Å². The van der Waals surface area contributed by atoms with Gasteiger partial charge in [0.25, 0.3) is 5.91 Å². The third kappa shape index (κ3) is 11.7. The third-order valence-electron chi connectivity index (χ3n) is 3.98. The van der Waals surface area contributed by atoms with Crippen molar-refractivity contribution in [3.63, 3.8) is 0 Å². The summed E-state index contributed by atoms with van der Waals surface area (Å²) in [4.78, 5) is 36.8. The number of amides is 1. The molecule has 19 heteroatoms. The van der Waals surface area contributed by atoms with E-state index >= 15 is 0 Å². The van der Waals surface area contributed by atoms with E-state index in [4.69, 9.17) is 61.5 Å². The van der Waals surface area contributed by atoms with Crippen molar-refractivity contribution in [2.75, 3.05) is 14.2 Å². The second-order valence-electron chi connectivity index (χ2n) is 6.64. The van der Waals surface area contributed by atoms with Crippen molar-refractivity contribution in [3.05, 3.63) is 64.4 Å². The number of ketones is 1. The van der Waals surface area contributed by atoms with Crippen molar-refractivity contribution in [2.45, 2.75) is 20.0 Å². The van der Waals surface area contributed by atoms with E-state index in [0.717, 1.165) is 28.1 Å². The van der Waals surface area contributed by atoms with Crippen molar-refractivity contribution in [2.24, 2.45) is 0 Å². The highest BCUT2D eigenvalue weighted by Gasteiger charge is 2.16. The Morgan fingerprint density at radius 3 is 1.46 bits per heavy atom. The number of aromatic carboxylic acids is 1. The van der Waals surface area contributed by atoms with Gasteiger partial charge in [-0.3, -0.25) is 14.4 Å². The van der Waals surface area contributed by atoms with E-state index in [1.165, 1.54) is 49.5 Å². The molecule has 0 saturated carbocycles. The fourth-order valence-corrected chi connectivity index (χ4v) is 5.76. The van der Waals surface area contributed by atoms with Crippen molar-refractivity contribution in [1.82, 2.24) is 22.6 Å². The molecule has 4 heterocycles. The average Bonchev–Trinajstić information content (AvgIpc) is 3.68. The topological polar surface area (TPSA) is 156 Å². The number of carbonyl (C=O) groups excluding carboxylic acids is 2. The van der Waals surface area contributed by atoms with E-state index in [0.29, 0.717) is 27.0 Å². The molecule has 0 saturated heterocycles. The van der Waals surface area contributed by atoms with Gasteiger partial charge < -0.3 is 10.2 Å². The van der Waals surface area contributed by atoms with Crippen molar-refractivity contribution < 1.29 is 29.4 Å². The molecule has 4 aromatic heterocycles. The lowest BCUT2D eigenvalue weighted by Crippen LogP contribution is -2.25. The van der Waals surface area contributed by atoms with E-state index in [1.54, 1.807) is 23.1 Å². The monoisotopic (exact) mass is 693 g/mol. The van der Waals surface area contributed by atoms with Crippen LogP contribution >= 0.6 is 92.5 Å². The van der Waals surface area contributed by atoms with E-state index in [2.05, 4.69) is 17.5 Å². The van der Waals surface area contributed by atoms with E-state index in [-0.39, 0.29) is 27.6 Å². The first kappa shape index (κ1) is 35.2. The fourth-order valence-electron chi connectivity index (χ4n) is 1.93. The summed E-state index contributed by atoms with van der Waals surface area (Å²) in [5.41, 5.74) is 1.66. The number of carbonyl (C=O) groups is 3. The maximum absolute atomic E-state index is 11.3. The number of carboxylic acids is 1. The van der Waals surface area contributed by atoms with Gasteiger partial charge in [-0.15, -0.1) is 0 Å². The highest BCUT2D eigenvalue weighted by Crippen LogP contribution is 2.22. The van der Waals surface area contributed by atoms with Crippen LogP contribution in [0.5, 0.6) is 0 Å². The first-order chi connectivity index (χ1) is 18.3. The van der Waals surface area contributed by atoms with Gasteiger partial charge >= 0.3 is 5.97 Å². The maximum Gasteiger partial charge on any atom is 0.339 e. The van der Waals surface area contributed by atoms with Gasteiger partial charge in [-0.1, -0.05) is 46.4 Å². The Labute approximate surface area is 259 Å². The second-order valence-corrected chi connectivity index (χ2v) is 10.6. The summed E-state index contributed by atoms with van der Waals surface area (Å²) in [7, 11) is 2.92. The molecule has 1 amide bonds. The number of halogens is 4. The number of Topliss-reactive ketones (excluding diaryl/α,β-unsaturated/α-hetero) is 1. The summed E-state index contributed by atoms with van der Waals surface area (Å²) in [6.07, 6.45) is -0.503. The lowest BCUT2D eigenvalue weighted by molar-refractivity contribution is -0.0756. The number of aliphatic hydroxyl groups is 1. The van der Waals surface area contributed by atoms with Crippen molar-refractivity contribution >= 4 is 110 Å². The van der Waals surface area contributed by atoms with Crippen LogP contribution in [-0.2, 0) is 4.84 Å². The molecule has 1 atom stereocenters. The van der Waals surface area contributed by atoms with Gasteiger partial charge in [0.05, 0.1) is 24.3 Å². The zero-order valence-electron chi connectivity index (χ0n) is 20.3. The van der Waals surface area contributed by atoms with Gasteiger partial charge in [-0.2, -0.15) is 17.5 Å². The normalized spacial score (nSPS) is 10.6. The zero-order chi connectivity index (χ0) is 29.7. The Morgan fingerprint density at radius 2 is 1.23 bits per heavy atom. The SMILES string of the molecule is CC(=O)c1csnc1Cl.CON(C)C(=O)c1csnc1Cl.C[C@@H](O)c1csnc1Cl.O=C(O)c1csnc1Cl. The van der Waals surface area contributed by atoms with Crippen LogP contribution in [0.3, 0.4) is 0 Å². The molecule has 0 spiro atoms. The fraction of sp³-hybridized carbons (Fsp3) is 0.250. The molecule has 0 bridgehead atoms. The summed E-state index contributed by atoms with van der Waals surface area (Å²) in [6, 6.07) is 0. The molecule has 4 aromatic rings. The molecule has 39 heavy (non-hydrogen) atoms. The van der Waals surface area contributed by atoms with E-state index < -0.39 is 12.1 Å². The molecule has 0 aliphatic heterocycles. The molecule has 2 N–H and O–H groups in total. The minimum atomic E-state index is -1.03. The summed E-state index contributed by atoms with van der Waals surface area (Å²) in [5.74, 6) is -1.36. The Balaban J connectivity index is 0.000000262. The Hall–Kier alpha value is -1.79. The predicted octanol–water partition coefficient (Wildman–Crippen LogP) is 6.77. The first-order valence-corrected chi connectivity index (χ1v) is 14.8. The standard InChI is InChI=1S/C6H7ClN2O2S.C5H6ClNOS.C5H4ClNOS.C4H2ClNO2S/c1-9(11-2)6(10)4-3-12-8-5(4)7;2*1-3(8)4-2-9-7-5(4)6;5-3-2(4(7)8)1-9-6-3/h3H,1-2H3;2-3,8H,1H3;2H,1H3;1H,(H,7,8)/t;3-;;/m.1../s1. The maximum atomic E-state index is 11.3. The second kappa shape index (κ2) is 17.8. The summed E-state index contributed by atoms with van der Waals surface area (Å²) in [6.45, 7) is 3.13. The quantitative estimate of drug-likeness (QED) is 0.169. The van der Waals surface area contributed by atoms with Crippen molar-refractivity contribution in [1.29, 1.82) is 0 Å². The predicted molar refractivity (Wildman–Crippen MR) is 155 cm³/mol. The number of hydrogen-bond acceptors (Lipinski definition) is 13. The van der Waals surface area contributed by atoms with Crippen LogP contribution in [0, 0.1) is 0 Å². The molecule has 0 aromatic carbocycles. The van der Waals surface area contributed by atoms with E-state index in [9.17, 15) is 14.4 Å². The largest absolute Gasteiger partial charge is 0.478 e. The Kier molecular flexibility index (Phi) is 16.1. The van der Waals surface area contributed by atoms with Crippen LogP contribution in [0.25, 0.3) is 0 Å². The molecular formula is C20H19Cl4N5O6S4. The number of carboxylic acid groups (broad SMARTS) is 1. The lowest BCUT2D eigenvalue weighted by atomic mass is 10.2. The summed E-state index contributed by atoms with van der Waals surface area (Å²) < 4.78 is 14.8. The van der Waals surface area contributed by atoms with Crippen LogP contribution in [-0.4, -0.2) is 64.6 Å². The van der Waals surface area contributed by atoms with Crippen LogP contribution in [0.2, 0.25) is 20.6 Å². The number of aromatic nitrogens is 4. The number of hydroxylamine groups is 2. The minimum Gasteiger partial charge on any atom is -0.478 e. The summed E-state index contributed by atoms with van der Waals surface area (Å²) in [5, 5.41) is 25.8. The number of rotatable bonds is 5. The van der Waals surface area contributed by atoms with Gasteiger partial charge in [0.1, 0.15) is 10.7 Å². The summed E-state index contributed by atoms with van der Waals surface area (Å²) >= 11 is 26.7. The Morgan fingerprint density at radius 1 is 0.821 bits per heavy atom. The molecule has 0 unspecified atom stereocenters. The number of hydrogen-bond donors (Lipinski definition) is 2. The van der Waals surface area contributed by atoms with Crippen LogP contribution in [0.1, 0.15) is 56.6 Å². The molecule has 0 radical (unpaired) electrons. The van der Waals surface area contributed by atoms with Gasteiger partial charge in [0.2, 0.25) is 0 Å². The number of nitrogens with zero attached hydrogens (tertiary/aromatic N) is 5. The van der Waals surface area contributed by atoms with Gasteiger partial charge in [-0.25, -0.2) is 9.86 Å². The third-order valence-corrected chi connectivity index (χ3v) is 8.08. The van der Waals surface area contributed by atoms with Gasteiger partial charge in [0, 0.05) is 34.1 Å². The average molecular weight is 695 g/mol. The highest BCUT2D eigenvalue weighted by molar-refractivity contribution is 7.05. The zero-order valence-corrected chi connectivity index (χ0v) is 26.6. The lowest BCUT2D eigenvalue weighted by Gasteiger charge is -2.11. The molecular weight excluding hydrogens is 676 g/mol. The van der Waals surface area contributed by atoms with Gasteiger partial charge in [0.15, 0.2) is 21.2 Å². The highest BCUT2D eigenvalue weighted by atomic mass is 35.5. The minimum absolute atomic E-state index is 0.0336. The molecule has 212 valence electrons. The smallest absolute Gasteiger partial charge is 0.339 e. The van der Waals surface area contributed by atoms with Crippen LogP contribution < -0.4 is 0 Å². The molecule has 11 nitrogen and oxygen atoms in total. The molecule has 0 aliphatic rings. The first-order valence-electron chi connectivity index (χ1n) is 9.95. The molecule has 0 fully saturated rings. The van der Waals surface area contributed by atoms with Gasteiger partial charge in [-0.05, 0) is 60.0 Å². The molecule has 4 rings (SSSR count). The van der Waals surface area contributed by atoms with Crippen LogP contribution in [0.4, 0.5) is 0 Å².